The van der Waals surface area contributed by atoms with Crippen molar-refractivity contribution >= 4 is 25.7 Å². The predicted octanol–water partition coefficient (Wildman–Crippen LogP) is 11.4. The summed E-state index contributed by atoms with van der Waals surface area (Å²) in [4.78, 5) is 0. The molecule has 0 atom stereocenters. The lowest BCUT2D eigenvalue weighted by molar-refractivity contribution is 0.589. The van der Waals surface area contributed by atoms with Crippen LogP contribution < -0.4 is 11.5 Å². The second-order valence-corrected chi connectivity index (χ2v) is 19.0. The van der Waals surface area contributed by atoms with E-state index in [-0.39, 0.29) is 21.7 Å². The van der Waals surface area contributed by atoms with Gasteiger partial charge >= 0.3 is 0 Å². The molecular weight excluding hydrogens is 626 g/mol. The summed E-state index contributed by atoms with van der Waals surface area (Å²) in [7, 11) is 1.73. The van der Waals surface area contributed by atoms with Crippen LogP contribution in [0, 0.1) is 0 Å². The molecule has 52 heavy (non-hydrogen) atoms. The van der Waals surface area contributed by atoms with Crippen molar-refractivity contribution in [2.45, 2.75) is 130 Å². The molecule has 4 aromatic carbocycles. The molecule has 4 aromatic rings. The maximum atomic E-state index is 7.07. The van der Waals surface area contributed by atoms with Crippen molar-refractivity contribution in [3.63, 3.8) is 0 Å². The van der Waals surface area contributed by atoms with E-state index in [1.165, 1.54) is 55.7 Å². The Labute approximate surface area is 319 Å². The standard InChI is InChI=1S/C48H66B2N2/c1-45(2,3)37-23-15-19-33(29-37)41(34-20-16-24-38(30-34)46(4,5)6)43(51)49-27-13-14-28-50-44(52)42(35-21-17-25-39(31-35)47(7,8)9)36-22-18-26-40(32-36)48(10,11)12/h15-26,29-32,49-50H,13-14,27-28,51-52H2,1-12H3. The molecule has 0 spiro atoms. The van der Waals surface area contributed by atoms with Crippen molar-refractivity contribution in [3.05, 3.63) is 153 Å². The van der Waals surface area contributed by atoms with Gasteiger partial charge in [0.25, 0.3) is 0 Å². The number of rotatable bonds is 11. The first-order chi connectivity index (χ1) is 24.2. The number of unbranched alkanes of at least 4 members (excludes halogenated alkanes) is 1. The second-order valence-electron chi connectivity index (χ2n) is 19.0. The number of hydrogen-bond acceptors (Lipinski definition) is 2. The normalized spacial score (nSPS) is 12.3. The van der Waals surface area contributed by atoms with E-state index in [9.17, 15) is 0 Å². The molecule has 0 fully saturated rings. The number of hydrogen-bond donors (Lipinski definition) is 2. The van der Waals surface area contributed by atoms with Crippen LogP contribution in [0.2, 0.25) is 12.6 Å². The van der Waals surface area contributed by atoms with E-state index in [4.69, 9.17) is 11.5 Å². The fraction of sp³-hybridized carbons (Fsp3) is 0.417. The van der Waals surface area contributed by atoms with Gasteiger partial charge in [-0.25, -0.2) is 0 Å². The van der Waals surface area contributed by atoms with Gasteiger partial charge in [-0.05, 0) is 88.5 Å². The molecular formula is C48H66B2N2. The molecule has 4 heteroatoms. The number of benzene rings is 4. The quantitative estimate of drug-likeness (QED) is 0.121. The fourth-order valence-corrected chi connectivity index (χ4v) is 6.87. The Kier molecular flexibility index (Phi) is 12.9. The third-order valence-corrected chi connectivity index (χ3v) is 10.4. The number of nitrogens with two attached hydrogens (primary N) is 2. The Morgan fingerprint density at radius 3 is 0.846 bits per heavy atom. The van der Waals surface area contributed by atoms with Gasteiger partial charge in [0.05, 0.1) is 0 Å². The zero-order valence-electron chi connectivity index (χ0n) is 34.6. The summed E-state index contributed by atoms with van der Waals surface area (Å²) in [5.41, 5.74) is 28.7. The van der Waals surface area contributed by atoms with Gasteiger partial charge in [-0.2, -0.15) is 0 Å². The topological polar surface area (TPSA) is 52.0 Å². The van der Waals surface area contributed by atoms with Crippen LogP contribution in [0.3, 0.4) is 0 Å². The first-order valence-electron chi connectivity index (χ1n) is 19.6. The Bertz CT molecular complexity index is 1630. The summed E-state index contributed by atoms with van der Waals surface area (Å²) in [6, 6.07) is 35.9. The molecule has 0 heterocycles. The van der Waals surface area contributed by atoms with Gasteiger partial charge in [-0.3, -0.25) is 0 Å². The molecule has 0 amide bonds. The van der Waals surface area contributed by atoms with E-state index in [1.54, 1.807) is 0 Å². The van der Waals surface area contributed by atoms with Crippen molar-refractivity contribution in [1.82, 2.24) is 0 Å². The van der Waals surface area contributed by atoms with E-state index >= 15 is 0 Å². The van der Waals surface area contributed by atoms with E-state index in [1.807, 2.05) is 0 Å². The zero-order chi connectivity index (χ0) is 38.5. The fourth-order valence-electron chi connectivity index (χ4n) is 6.87. The summed E-state index contributed by atoms with van der Waals surface area (Å²) >= 11 is 0. The molecule has 4 rings (SSSR count). The summed E-state index contributed by atoms with van der Waals surface area (Å²) in [5, 5.41) is 0. The molecule has 2 nitrogen and oxygen atoms in total. The van der Waals surface area contributed by atoms with Gasteiger partial charge in [-0.15, -0.1) is 0 Å². The summed E-state index contributed by atoms with van der Waals surface area (Å²) in [6.07, 6.45) is 4.31. The second kappa shape index (κ2) is 16.4. The molecule has 0 saturated heterocycles. The summed E-state index contributed by atoms with van der Waals surface area (Å²) in [5.74, 6) is 0. The smallest absolute Gasteiger partial charge is 0.179 e. The summed E-state index contributed by atoms with van der Waals surface area (Å²) in [6.45, 7) is 27.3. The molecule has 0 radical (unpaired) electrons. The lowest BCUT2D eigenvalue weighted by Crippen LogP contribution is -2.15. The monoisotopic (exact) mass is 693 g/mol. The molecule has 0 aliphatic heterocycles. The van der Waals surface area contributed by atoms with Gasteiger partial charge in [0.15, 0.2) is 14.6 Å². The zero-order valence-corrected chi connectivity index (χ0v) is 34.6. The van der Waals surface area contributed by atoms with Crippen molar-refractivity contribution in [3.8, 4) is 0 Å². The Hall–Kier alpha value is -3.91. The molecule has 4 N–H and O–H groups in total. The van der Waals surface area contributed by atoms with Gasteiger partial charge in [0.2, 0.25) is 0 Å². The van der Waals surface area contributed by atoms with Crippen molar-refractivity contribution in [1.29, 1.82) is 0 Å². The van der Waals surface area contributed by atoms with Crippen LogP contribution >= 0.6 is 0 Å². The Balaban J connectivity index is 1.56. The van der Waals surface area contributed by atoms with Crippen LogP contribution in [0.4, 0.5) is 0 Å². The minimum absolute atomic E-state index is 0.0596. The van der Waals surface area contributed by atoms with Gasteiger partial charge in [-0.1, -0.05) is 206 Å². The molecule has 0 aromatic heterocycles. The largest absolute Gasteiger partial charge is 0.409 e. The third kappa shape index (κ3) is 10.8. The highest BCUT2D eigenvalue weighted by molar-refractivity contribution is 6.48. The molecule has 0 bridgehead atoms. The highest BCUT2D eigenvalue weighted by atomic mass is 14.5. The minimum atomic E-state index is 0.0596. The molecule has 0 saturated carbocycles. The van der Waals surface area contributed by atoms with Crippen LogP contribution in [-0.4, -0.2) is 14.6 Å². The highest BCUT2D eigenvalue weighted by Crippen LogP contribution is 2.34. The summed E-state index contributed by atoms with van der Waals surface area (Å²) < 4.78 is 0. The molecule has 0 unspecified atom stereocenters. The van der Waals surface area contributed by atoms with Crippen LogP contribution in [0.15, 0.2) is 108 Å². The van der Waals surface area contributed by atoms with Crippen molar-refractivity contribution in [2.24, 2.45) is 11.5 Å². The van der Waals surface area contributed by atoms with Crippen LogP contribution in [-0.2, 0) is 21.7 Å². The third-order valence-electron chi connectivity index (χ3n) is 10.4. The average molecular weight is 693 g/mol. The van der Waals surface area contributed by atoms with Gasteiger partial charge in [0.1, 0.15) is 0 Å². The lowest BCUT2D eigenvalue weighted by atomic mass is 9.63. The maximum absolute atomic E-state index is 7.07. The van der Waals surface area contributed by atoms with Crippen LogP contribution in [0.25, 0.3) is 11.1 Å². The highest BCUT2D eigenvalue weighted by Gasteiger charge is 2.21. The van der Waals surface area contributed by atoms with Crippen molar-refractivity contribution in [2.75, 3.05) is 0 Å². The van der Waals surface area contributed by atoms with E-state index in [0.29, 0.717) is 0 Å². The van der Waals surface area contributed by atoms with Crippen LogP contribution in [0.5, 0.6) is 0 Å². The lowest BCUT2D eigenvalue weighted by Gasteiger charge is -2.23. The van der Waals surface area contributed by atoms with E-state index < -0.39 is 0 Å². The van der Waals surface area contributed by atoms with E-state index in [0.717, 1.165) is 51.2 Å². The Morgan fingerprint density at radius 1 is 0.404 bits per heavy atom. The average Bonchev–Trinajstić information content (AvgIpc) is 3.05. The van der Waals surface area contributed by atoms with Gasteiger partial charge < -0.3 is 11.5 Å². The first-order valence-corrected chi connectivity index (χ1v) is 19.6. The Morgan fingerprint density at radius 2 is 0.635 bits per heavy atom. The first kappa shape index (κ1) is 40.9. The minimum Gasteiger partial charge on any atom is -0.409 e. The molecule has 0 aliphatic rings. The van der Waals surface area contributed by atoms with Crippen molar-refractivity contribution < 1.29 is 0 Å². The molecule has 0 aliphatic carbocycles. The van der Waals surface area contributed by atoms with E-state index in [2.05, 4.69) is 180 Å². The SMILES string of the molecule is CC(C)(C)c1cccc(C(=C(N)BCCCCBC(N)=C(c2cccc(C(C)(C)C)c2)c2cccc(C(C)(C)C)c2)c2cccc(C(C)(C)C)c2)c1. The maximum Gasteiger partial charge on any atom is 0.179 e. The molecule has 274 valence electrons. The van der Waals surface area contributed by atoms with Gasteiger partial charge in [0, 0.05) is 0 Å². The van der Waals surface area contributed by atoms with Crippen LogP contribution in [0.1, 0.15) is 140 Å². The predicted molar refractivity (Wildman–Crippen MR) is 234 cm³/mol.